The molecule has 0 fully saturated rings. The van der Waals surface area contributed by atoms with Crippen molar-refractivity contribution in [3.63, 3.8) is 0 Å². The van der Waals surface area contributed by atoms with Crippen LogP contribution in [0.1, 0.15) is 110 Å². The van der Waals surface area contributed by atoms with Crippen LogP contribution in [0.25, 0.3) is 0 Å². The van der Waals surface area contributed by atoms with Gasteiger partial charge in [-0.25, -0.2) is 11.7 Å². The summed E-state index contributed by atoms with van der Waals surface area (Å²) in [6.07, 6.45) is 23.4. The van der Waals surface area contributed by atoms with Gasteiger partial charge in [0.25, 0.3) is 0 Å². The van der Waals surface area contributed by atoms with Crippen LogP contribution in [-0.4, -0.2) is 11.8 Å². The Morgan fingerprint density at radius 2 is 1.21 bits per heavy atom. The number of unbranched alkanes of at least 4 members (excludes halogenated alkanes) is 14. The standard InChI is InChI=1S/C22H44N4O2/c1-2-3-4-5-6-7-8-9-10-11-12-13-14-15-16-17-18-20(22(28)26-24)19-21(27)25-23/h17-18,20H,2-16,19,23-24H2,1H3,(H,25,27)(H,26,28)/b18-17+. The van der Waals surface area contributed by atoms with Crippen LogP contribution in [0, 0.1) is 5.92 Å². The Bertz CT molecular complexity index is 413. The first-order valence-electron chi connectivity index (χ1n) is 11.3. The smallest absolute Gasteiger partial charge is 0.241 e. The zero-order valence-electron chi connectivity index (χ0n) is 18.0. The lowest BCUT2D eigenvalue weighted by Crippen LogP contribution is -2.39. The van der Waals surface area contributed by atoms with Crippen LogP contribution < -0.4 is 22.5 Å². The summed E-state index contributed by atoms with van der Waals surface area (Å²) in [5, 5.41) is 0. The van der Waals surface area contributed by atoms with Gasteiger partial charge in [-0.2, -0.15) is 0 Å². The van der Waals surface area contributed by atoms with Gasteiger partial charge >= 0.3 is 0 Å². The van der Waals surface area contributed by atoms with Gasteiger partial charge in [-0.3, -0.25) is 20.4 Å². The Morgan fingerprint density at radius 3 is 1.64 bits per heavy atom. The van der Waals surface area contributed by atoms with Crippen molar-refractivity contribution in [2.24, 2.45) is 17.6 Å². The molecule has 1 unspecified atom stereocenters. The summed E-state index contributed by atoms with van der Waals surface area (Å²) >= 11 is 0. The highest BCUT2D eigenvalue weighted by molar-refractivity contribution is 5.86. The van der Waals surface area contributed by atoms with Gasteiger partial charge in [0, 0.05) is 6.42 Å². The monoisotopic (exact) mass is 396 g/mol. The summed E-state index contributed by atoms with van der Waals surface area (Å²) in [7, 11) is 0. The fraction of sp³-hybridized carbons (Fsp3) is 0.818. The topological polar surface area (TPSA) is 110 Å². The van der Waals surface area contributed by atoms with E-state index in [1.54, 1.807) is 6.08 Å². The van der Waals surface area contributed by atoms with E-state index in [1.165, 1.54) is 83.5 Å². The molecule has 0 rings (SSSR count). The molecule has 6 nitrogen and oxygen atoms in total. The van der Waals surface area contributed by atoms with Crippen LogP contribution in [0.2, 0.25) is 0 Å². The molecule has 0 heterocycles. The van der Waals surface area contributed by atoms with Crippen molar-refractivity contribution >= 4 is 11.8 Å². The van der Waals surface area contributed by atoms with E-state index in [1.807, 2.05) is 11.5 Å². The normalized spacial score (nSPS) is 12.2. The van der Waals surface area contributed by atoms with Crippen LogP contribution in [0.4, 0.5) is 0 Å². The number of carbonyl (C=O) groups is 2. The molecule has 0 aromatic rings. The summed E-state index contributed by atoms with van der Waals surface area (Å²) in [6, 6.07) is 0. The molecule has 0 aromatic carbocycles. The first-order chi connectivity index (χ1) is 13.7. The van der Waals surface area contributed by atoms with Gasteiger partial charge in [0.05, 0.1) is 5.92 Å². The molecular formula is C22H44N4O2. The number of amides is 2. The predicted molar refractivity (Wildman–Crippen MR) is 117 cm³/mol. The lowest BCUT2D eigenvalue weighted by atomic mass is 10.0. The van der Waals surface area contributed by atoms with Crippen molar-refractivity contribution in [3.8, 4) is 0 Å². The number of hydrogen-bond acceptors (Lipinski definition) is 4. The maximum atomic E-state index is 11.6. The average Bonchev–Trinajstić information content (AvgIpc) is 2.71. The van der Waals surface area contributed by atoms with E-state index in [0.717, 1.165) is 12.8 Å². The van der Waals surface area contributed by atoms with Gasteiger partial charge in [-0.1, -0.05) is 103 Å². The third-order valence-electron chi connectivity index (χ3n) is 5.14. The third-order valence-corrected chi connectivity index (χ3v) is 5.14. The largest absolute Gasteiger partial charge is 0.294 e. The summed E-state index contributed by atoms with van der Waals surface area (Å²) in [5.41, 5.74) is 4.13. The molecule has 0 spiro atoms. The van der Waals surface area contributed by atoms with Crippen molar-refractivity contribution in [2.45, 2.75) is 110 Å². The average molecular weight is 397 g/mol. The molecule has 0 aliphatic carbocycles. The van der Waals surface area contributed by atoms with Gasteiger partial charge in [0.2, 0.25) is 11.8 Å². The number of nitrogens with two attached hydrogens (primary N) is 2. The van der Waals surface area contributed by atoms with E-state index in [4.69, 9.17) is 11.7 Å². The molecule has 6 heteroatoms. The number of carbonyl (C=O) groups excluding carboxylic acids is 2. The van der Waals surface area contributed by atoms with E-state index in [0.29, 0.717) is 0 Å². The molecule has 0 aliphatic rings. The molecule has 0 saturated heterocycles. The van der Waals surface area contributed by atoms with Gasteiger partial charge in [-0.15, -0.1) is 0 Å². The highest BCUT2D eigenvalue weighted by atomic mass is 16.2. The fourth-order valence-corrected chi connectivity index (χ4v) is 3.33. The van der Waals surface area contributed by atoms with E-state index >= 15 is 0 Å². The number of allylic oxidation sites excluding steroid dienone is 1. The lowest BCUT2D eigenvalue weighted by molar-refractivity contribution is -0.129. The summed E-state index contributed by atoms with van der Waals surface area (Å²) in [5.74, 6) is 8.90. The quantitative estimate of drug-likeness (QED) is 0.0852. The minimum atomic E-state index is -0.569. The Balaban J connectivity index is 3.53. The second-order valence-corrected chi connectivity index (χ2v) is 7.70. The minimum Gasteiger partial charge on any atom is -0.294 e. The van der Waals surface area contributed by atoms with Crippen LogP contribution >= 0.6 is 0 Å². The van der Waals surface area contributed by atoms with Crippen LogP contribution in [-0.2, 0) is 9.59 Å². The van der Waals surface area contributed by atoms with Gasteiger partial charge in [0.1, 0.15) is 0 Å². The molecule has 0 aromatic heterocycles. The van der Waals surface area contributed by atoms with Crippen LogP contribution in [0.5, 0.6) is 0 Å². The Hall–Kier alpha value is -1.40. The maximum Gasteiger partial charge on any atom is 0.241 e. The lowest BCUT2D eigenvalue weighted by Gasteiger charge is -2.09. The van der Waals surface area contributed by atoms with Gasteiger partial charge in [0.15, 0.2) is 0 Å². The highest BCUT2D eigenvalue weighted by Gasteiger charge is 2.17. The molecule has 2 amide bonds. The molecule has 0 saturated carbocycles. The number of hydrazine groups is 2. The summed E-state index contributed by atoms with van der Waals surface area (Å²) < 4.78 is 0. The van der Waals surface area contributed by atoms with Crippen molar-refractivity contribution in [3.05, 3.63) is 12.2 Å². The SMILES string of the molecule is CCCCCCCCCCCCCCCC/C=C/C(CC(=O)NN)C(=O)NN. The first-order valence-corrected chi connectivity index (χ1v) is 11.3. The number of nitrogens with one attached hydrogen (secondary N) is 2. The molecule has 0 aliphatic heterocycles. The minimum absolute atomic E-state index is 0.00870. The van der Waals surface area contributed by atoms with E-state index in [-0.39, 0.29) is 18.2 Å². The number of rotatable bonds is 19. The predicted octanol–water partition coefficient (Wildman–Crippen LogP) is 4.40. The molecule has 0 bridgehead atoms. The maximum absolute atomic E-state index is 11.6. The second-order valence-electron chi connectivity index (χ2n) is 7.70. The molecule has 164 valence electrons. The summed E-state index contributed by atoms with van der Waals surface area (Å²) in [4.78, 5) is 23.0. The van der Waals surface area contributed by atoms with E-state index in [2.05, 4.69) is 12.3 Å². The Kier molecular flexibility index (Phi) is 19.3. The molecule has 28 heavy (non-hydrogen) atoms. The Labute approximate surface area is 172 Å². The summed E-state index contributed by atoms with van der Waals surface area (Å²) in [6.45, 7) is 2.27. The van der Waals surface area contributed by atoms with Crippen molar-refractivity contribution in [1.82, 2.24) is 10.9 Å². The molecule has 1 atom stereocenters. The highest BCUT2D eigenvalue weighted by Crippen LogP contribution is 2.14. The van der Waals surface area contributed by atoms with Gasteiger partial charge in [-0.05, 0) is 12.8 Å². The molecule has 6 N–H and O–H groups in total. The van der Waals surface area contributed by atoms with E-state index < -0.39 is 5.92 Å². The second kappa shape index (κ2) is 20.3. The molecular weight excluding hydrogens is 352 g/mol. The van der Waals surface area contributed by atoms with Crippen molar-refractivity contribution in [2.75, 3.05) is 0 Å². The zero-order chi connectivity index (χ0) is 20.9. The van der Waals surface area contributed by atoms with Crippen molar-refractivity contribution < 1.29 is 9.59 Å². The Morgan fingerprint density at radius 1 is 0.750 bits per heavy atom. The molecule has 0 radical (unpaired) electrons. The van der Waals surface area contributed by atoms with Gasteiger partial charge < -0.3 is 0 Å². The van der Waals surface area contributed by atoms with E-state index in [9.17, 15) is 9.59 Å². The number of hydrogen-bond donors (Lipinski definition) is 4. The van der Waals surface area contributed by atoms with Crippen molar-refractivity contribution in [1.29, 1.82) is 0 Å². The fourth-order valence-electron chi connectivity index (χ4n) is 3.33. The van der Waals surface area contributed by atoms with Crippen LogP contribution in [0.3, 0.4) is 0 Å². The third kappa shape index (κ3) is 16.8. The van der Waals surface area contributed by atoms with Crippen LogP contribution in [0.15, 0.2) is 12.2 Å². The first kappa shape index (κ1) is 26.6. The zero-order valence-corrected chi connectivity index (χ0v) is 18.0.